The molecule has 0 fully saturated rings. The highest BCUT2D eigenvalue weighted by molar-refractivity contribution is 6.36. The van der Waals surface area contributed by atoms with Crippen molar-refractivity contribution in [1.29, 1.82) is 0 Å². The third-order valence-corrected chi connectivity index (χ3v) is 7.26. The number of carbonyl (C=O) groups excluding carboxylic acids is 1. The molecule has 0 aliphatic rings. The molecule has 196 valence electrons. The monoisotopic (exact) mass is 547 g/mol. The van der Waals surface area contributed by atoms with Crippen molar-refractivity contribution in [2.45, 2.75) is 13.0 Å². The van der Waals surface area contributed by atoms with Gasteiger partial charge in [0.25, 0.3) is 5.56 Å². The smallest absolute Gasteiger partial charge is 0.263 e. The molecule has 3 aromatic carbocycles. The van der Waals surface area contributed by atoms with E-state index in [1.54, 1.807) is 16.7 Å². The molecule has 6 rings (SSSR count). The summed E-state index contributed by atoms with van der Waals surface area (Å²) < 4.78 is 1.60. The Bertz CT molecular complexity index is 2010. The molecule has 0 aliphatic carbocycles. The van der Waals surface area contributed by atoms with Crippen LogP contribution in [0.4, 0.5) is 5.82 Å². The Balaban J connectivity index is 1.61. The number of hydrogen-bond donors (Lipinski definition) is 2. The van der Waals surface area contributed by atoms with Gasteiger partial charge in [-0.25, -0.2) is 9.97 Å². The predicted molar refractivity (Wildman–Crippen MR) is 158 cm³/mol. The summed E-state index contributed by atoms with van der Waals surface area (Å²) in [5, 5.41) is 5.03. The zero-order valence-corrected chi connectivity index (χ0v) is 22.0. The Morgan fingerprint density at radius 1 is 0.925 bits per heavy atom. The standard InChI is InChI=1S/C31H22ClN5O3/c1-18(36-30-26-24(39)14-15-33-29(26)34-17-35-30)28-27(32)23-9-5-8-22(20-12-10-19(16-38)11-13-20)25(23)31(40)37(28)21-6-3-2-4-7-21/h2-18H,1H3,(H2,33,34,35,36,39). The molecule has 8 nitrogen and oxygen atoms in total. The van der Waals surface area contributed by atoms with Crippen molar-refractivity contribution < 1.29 is 4.79 Å². The molecule has 0 saturated carbocycles. The summed E-state index contributed by atoms with van der Waals surface area (Å²) in [5.74, 6) is 0.326. The first-order chi connectivity index (χ1) is 19.5. The molecule has 0 aliphatic heterocycles. The number of pyridine rings is 2. The van der Waals surface area contributed by atoms with Gasteiger partial charge in [0.1, 0.15) is 29.5 Å². The molecule has 6 aromatic rings. The third-order valence-electron chi connectivity index (χ3n) is 6.87. The van der Waals surface area contributed by atoms with Crippen LogP contribution in [-0.4, -0.2) is 25.8 Å². The van der Waals surface area contributed by atoms with Crippen molar-refractivity contribution in [3.05, 3.63) is 128 Å². The number of nitrogens with zero attached hydrogens (tertiary/aromatic N) is 3. The van der Waals surface area contributed by atoms with Gasteiger partial charge in [0.2, 0.25) is 0 Å². The first-order valence-electron chi connectivity index (χ1n) is 12.5. The second-order valence-corrected chi connectivity index (χ2v) is 9.68. The van der Waals surface area contributed by atoms with Gasteiger partial charge in [0.05, 0.1) is 22.1 Å². The van der Waals surface area contributed by atoms with Crippen LogP contribution in [0, 0.1) is 0 Å². The van der Waals surface area contributed by atoms with Gasteiger partial charge in [-0.15, -0.1) is 0 Å². The number of aromatic nitrogens is 4. The average Bonchev–Trinajstić information content (AvgIpc) is 2.99. The summed E-state index contributed by atoms with van der Waals surface area (Å²) >= 11 is 7.14. The third kappa shape index (κ3) is 4.24. The minimum atomic E-state index is -0.543. The van der Waals surface area contributed by atoms with Gasteiger partial charge in [-0.05, 0) is 30.2 Å². The summed E-state index contributed by atoms with van der Waals surface area (Å²) in [5.41, 5.74) is 3.08. The fraction of sp³-hybridized carbons (Fsp3) is 0.0645. The lowest BCUT2D eigenvalue weighted by molar-refractivity contribution is 0.112. The molecule has 0 amide bonds. The van der Waals surface area contributed by atoms with Crippen molar-refractivity contribution in [1.82, 2.24) is 19.5 Å². The second kappa shape index (κ2) is 10.2. The van der Waals surface area contributed by atoms with E-state index in [0.29, 0.717) is 55.2 Å². The fourth-order valence-electron chi connectivity index (χ4n) is 5.01. The van der Waals surface area contributed by atoms with Crippen LogP contribution in [0.15, 0.2) is 101 Å². The number of aldehydes is 1. The van der Waals surface area contributed by atoms with E-state index in [2.05, 4.69) is 20.3 Å². The van der Waals surface area contributed by atoms with Gasteiger partial charge < -0.3 is 10.3 Å². The first kappa shape index (κ1) is 25.2. The van der Waals surface area contributed by atoms with Crippen LogP contribution in [0.3, 0.4) is 0 Å². The van der Waals surface area contributed by atoms with Crippen molar-refractivity contribution in [3.8, 4) is 16.8 Å². The van der Waals surface area contributed by atoms with E-state index in [0.717, 1.165) is 11.8 Å². The topological polar surface area (TPSA) is 110 Å². The van der Waals surface area contributed by atoms with Gasteiger partial charge in [0, 0.05) is 28.9 Å². The minimum absolute atomic E-state index is 0.237. The van der Waals surface area contributed by atoms with Crippen LogP contribution < -0.4 is 16.3 Å². The number of halogens is 1. The summed E-state index contributed by atoms with van der Waals surface area (Å²) in [6, 6.07) is 22.7. The zero-order chi connectivity index (χ0) is 27.8. The summed E-state index contributed by atoms with van der Waals surface area (Å²) in [6.07, 6.45) is 3.67. The van der Waals surface area contributed by atoms with E-state index in [9.17, 15) is 14.4 Å². The van der Waals surface area contributed by atoms with Gasteiger partial charge in [-0.1, -0.05) is 72.3 Å². The van der Waals surface area contributed by atoms with Crippen LogP contribution in [0.2, 0.25) is 5.02 Å². The van der Waals surface area contributed by atoms with Crippen LogP contribution in [-0.2, 0) is 0 Å². The zero-order valence-electron chi connectivity index (χ0n) is 21.3. The Labute approximate surface area is 232 Å². The lowest BCUT2D eigenvalue weighted by Crippen LogP contribution is -2.27. The van der Waals surface area contributed by atoms with Gasteiger partial charge in [-0.2, -0.15) is 0 Å². The van der Waals surface area contributed by atoms with Crippen LogP contribution in [0.1, 0.15) is 29.0 Å². The molecule has 0 bridgehead atoms. The number of anilines is 1. The lowest BCUT2D eigenvalue weighted by Gasteiger charge is -2.24. The molecular formula is C31H22ClN5O3. The molecule has 0 spiro atoms. The molecular weight excluding hydrogens is 526 g/mol. The first-order valence-corrected chi connectivity index (χ1v) is 12.9. The second-order valence-electron chi connectivity index (χ2n) is 9.30. The Kier molecular flexibility index (Phi) is 6.45. The lowest BCUT2D eigenvalue weighted by atomic mass is 9.97. The van der Waals surface area contributed by atoms with E-state index >= 15 is 0 Å². The Morgan fingerprint density at radius 2 is 1.70 bits per heavy atom. The number of benzene rings is 3. The number of aromatic amines is 1. The molecule has 0 radical (unpaired) electrons. The van der Waals surface area contributed by atoms with E-state index in [1.165, 1.54) is 18.6 Å². The highest BCUT2D eigenvalue weighted by atomic mass is 35.5. The molecule has 3 aromatic heterocycles. The molecule has 1 atom stereocenters. The molecule has 0 saturated heterocycles. The van der Waals surface area contributed by atoms with Crippen LogP contribution in [0.5, 0.6) is 0 Å². The Morgan fingerprint density at radius 3 is 2.45 bits per heavy atom. The SMILES string of the molecule is CC(Nc1ncnc2[nH]ccc(=O)c12)c1c(Cl)c2cccc(-c3ccc(C=O)cc3)c2c(=O)n1-c1ccccc1. The molecule has 9 heteroatoms. The predicted octanol–water partition coefficient (Wildman–Crippen LogP) is 5.93. The van der Waals surface area contributed by atoms with Crippen molar-refractivity contribution >= 4 is 45.5 Å². The number of hydrogen-bond acceptors (Lipinski definition) is 6. The highest BCUT2D eigenvalue weighted by Crippen LogP contribution is 2.36. The number of fused-ring (bicyclic) bond motifs is 2. The molecule has 3 heterocycles. The average molecular weight is 548 g/mol. The number of H-pyrrole nitrogens is 1. The van der Waals surface area contributed by atoms with Crippen molar-refractivity contribution in [3.63, 3.8) is 0 Å². The maximum Gasteiger partial charge on any atom is 0.263 e. The molecule has 2 N–H and O–H groups in total. The van der Waals surface area contributed by atoms with Gasteiger partial charge in [0.15, 0.2) is 5.43 Å². The van der Waals surface area contributed by atoms with E-state index in [4.69, 9.17) is 11.6 Å². The Hall–Kier alpha value is -5.08. The molecule has 40 heavy (non-hydrogen) atoms. The summed E-state index contributed by atoms with van der Waals surface area (Å²) in [4.78, 5) is 49.7. The summed E-state index contributed by atoms with van der Waals surface area (Å²) in [7, 11) is 0. The van der Waals surface area contributed by atoms with Gasteiger partial charge in [-0.3, -0.25) is 19.0 Å². The molecule has 1 unspecified atom stereocenters. The van der Waals surface area contributed by atoms with Crippen LogP contribution >= 0.6 is 11.6 Å². The number of carbonyl (C=O) groups is 1. The highest BCUT2D eigenvalue weighted by Gasteiger charge is 2.24. The van der Waals surface area contributed by atoms with Crippen molar-refractivity contribution in [2.24, 2.45) is 0 Å². The maximum atomic E-state index is 14.4. The number of para-hydroxylation sites is 1. The van der Waals surface area contributed by atoms with E-state index in [-0.39, 0.29) is 11.0 Å². The van der Waals surface area contributed by atoms with Crippen molar-refractivity contribution in [2.75, 3.05) is 5.32 Å². The number of nitrogens with one attached hydrogen (secondary N) is 2. The maximum absolute atomic E-state index is 14.4. The normalized spacial score (nSPS) is 11.9. The van der Waals surface area contributed by atoms with Gasteiger partial charge >= 0.3 is 0 Å². The van der Waals surface area contributed by atoms with E-state index < -0.39 is 6.04 Å². The fourth-order valence-corrected chi connectivity index (χ4v) is 5.42. The number of rotatable bonds is 6. The minimum Gasteiger partial charge on any atom is -0.361 e. The summed E-state index contributed by atoms with van der Waals surface area (Å²) in [6.45, 7) is 1.86. The quantitative estimate of drug-likeness (QED) is 0.250. The largest absolute Gasteiger partial charge is 0.361 e. The van der Waals surface area contributed by atoms with Crippen LogP contribution in [0.25, 0.3) is 38.6 Å². The van der Waals surface area contributed by atoms with E-state index in [1.807, 2.05) is 67.6 Å².